The fourth-order valence-corrected chi connectivity index (χ4v) is 2.31. The minimum atomic E-state index is 0.211. The van der Waals surface area contributed by atoms with Gasteiger partial charge in [-0.3, -0.25) is 4.68 Å². The van der Waals surface area contributed by atoms with Crippen LogP contribution in [-0.4, -0.2) is 29.5 Å². The van der Waals surface area contributed by atoms with E-state index in [1.165, 1.54) is 0 Å². The average molecular weight is 274 g/mol. The lowest BCUT2D eigenvalue weighted by molar-refractivity contribution is 0.135. The van der Waals surface area contributed by atoms with Crippen LogP contribution in [0.1, 0.15) is 45.3 Å². The Hall–Kier alpha value is -0.580. The normalized spacial score (nSPS) is 12.9. The van der Waals surface area contributed by atoms with Gasteiger partial charge in [0, 0.05) is 19.8 Å². The summed E-state index contributed by atoms with van der Waals surface area (Å²) in [5, 5.41) is 8.54. The number of hydrogen-bond donors (Lipinski definition) is 1. The highest BCUT2D eigenvalue weighted by Gasteiger charge is 2.19. The Bertz CT molecular complexity index is 341. The summed E-state index contributed by atoms with van der Waals surface area (Å²) >= 11 is 6.26. The summed E-state index contributed by atoms with van der Waals surface area (Å²) in [4.78, 5) is 0. The summed E-state index contributed by atoms with van der Waals surface area (Å²) in [5.74, 6) is 0. The quantitative estimate of drug-likeness (QED) is 0.703. The predicted molar refractivity (Wildman–Crippen MR) is 75.1 cm³/mol. The molecule has 1 aromatic heterocycles. The van der Waals surface area contributed by atoms with E-state index in [0.29, 0.717) is 0 Å². The highest BCUT2D eigenvalue weighted by molar-refractivity contribution is 6.31. The Labute approximate surface area is 115 Å². The van der Waals surface area contributed by atoms with Crippen molar-refractivity contribution < 1.29 is 4.74 Å². The molecule has 4 nitrogen and oxygen atoms in total. The second kappa shape index (κ2) is 8.51. The number of aromatic nitrogens is 2. The minimum absolute atomic E-state index is 0.211. The number of nitrogens with one attached hydrogen (secondary N) is 1. The topological polar surface area (TPSA) is 39.1 Å². The van der Waals surface area contributed by atoms with E-state index in [-0.39, 0.29) is 6.04 Å². The molecule has 18 heavy (non-hydrogen) atoms. The summed E-state index contributed by atoms with van der Waals surface area (Å²) in [6, 6.07) is 0.211. The lowest BCUT2D eigenvalue weighted by Crippen LogP contribution is -2.25. The molecule has 0 aliphatic heterocycles. The fraction of sp³-hybridized carbons (Fsp3) is 0.769. The maximum atomic E-state index is 6.26. The Kier molecular flexibility index (Phi) is 7.32. The van der Waals surface area contributed by atoms with E-state index >= 15 is 0 Å². The summed E-state index contributed by atoms with van der Waals surface area (Å²) in [6.07, 6.45) is 3.70. The lowest BCUT2D eigenvalue weighted by Gasteiger charge is -2.20. The van der Waals surface area contributed by atoms with Crippen LogP contribution in [0.4, 0.5) is 0 Å². The standard InChI is InChI=1S/C13H24ClN3O/c1-4-8-17-13(11(14)10-16-17)12(15-5-2)7-9-18-6-3/h10,12,15H,4-9H2,1-3H3. The van der Waals surface area contributed by atoms with Gasteiger partial charge in [0.15, 0.2) is 0 Å². The molecule has 0 fully saturated rings. The number of halogens is 1. The zero-order valence-corrected chi connectivity index (χ0v) is 12.3. The van der Waals surface area contributed by atoms with Crippen molar-refractivity contribution in [2.75, 3.05) is 19.8 Å². The van der Waals surface area contributed by atoms with Gasteiger partial charge in [-0.15, -0.1) is 0 Å². The van der Waals surface area contributed by atoms with Crippen molar-refractivity contribution in [3.63, 3.8) is 0 Å². The van der Waals surface area contributed by atoms with Crippen molar-refractivity contribution in [1.82, 2.24) is 15.1 Å². The molecule has 1 heterocycles. The van der Waals surface area contributed by atoms with E-state index in [1.807, 2.05) is 11.6 Å². The van der Waals surface area contributed by atoms with Crippen molar-refractivity contribution in [2.45, 2.75) is 46.2 Å². The second-order valence-corrected chi connectivity index (χ2v) is 4.60. The van der Waals surface area contributed by atoms with Gasteiger partial charge in [-0.25, -0.2) is 0 Å². The zero-order chi connectivity index (χ0) is 13.4. The molecule has 0 radical (unpaired) electrons. The highest BCUT2D eigenvalue weighted by atomic mass is 35.5. The van der Waals surface area contributed by atoms with Crippen molar-refractivity contribution >= 4 is 11.6 Å². The molecule has 0 saturated heterocycles. The van der Waals surface area contributed by atoms with Crippen LogP contribution >= 0.6 is 11.6 Å². The van der Waals surface area contributed by atoms with Crippen LogP contribution in [0.2, 0.25) is 5.02 Å². The van der Waals surface area contributed by atoms with Gasteiger partial charge in [-0.2, -0.15) is 5.10 Å². The van der Waals surface area contributed by atoms with Gasteiger partial charge in [0.05, 0.1) is 23.0 Å². The third-order valence-corrected chi connectivity index (χ3v) is 3.10. The van der Waals surface area contributed by atoms with Gasteiger partial charge in [0.25, 0.3) is 0 Å². The van der Waals surface area contributed by atoms with Gasteiger partial charge in [0.1, 0.15) is 0 Å². The van der Waals surface area contributed by atoms with Crippen molar-refractivity contribution in [3.05, 3.63) is 16.9 Å². The van der Waals surface area contributed by atoms with E-state index in [0.717, 1.165) is 49.9 Å². The first-order chi connectivity index (χ1) is 8.74. The molecule has 0 aliphatic rings. The van der Waals surface area contributed by atoms with E-state index < -0.39 is 0 Å². The molecule has 0 saturated carbocycles. The van der Waals surface area contributed by atoms with Crippen LogP contribution in [0.3, 0.4) is 0 Å². The summed E-state index contributed by atoms with van der Waals surface area (Å²) in [5.41, 5.74) is 1.08. The molecule has 1 N–H and O–H groups in total. The summed E-state index contributed by atoms with van der Waals surface area (Å²) in [7, 11) is 0. The maximum Gasteiger partial charge on any atom is 0.0834 e. The van der Waals surface area contributed by atoms with E-state index in [2.05, 4.69) is 24.3 Å². The molecule has 5 heteroatoms. The van der Waals surface area contributed by atoms with Crippen molar-refractivity contribution in [1.29, 1.82) is 0 Å². The van der Waals surface area contributed by atoms with Crippen molar-refractivity contribution in [3.8, 4) is 0 Å². The lowest BCUT2D eigenvalue weighted by atomic mass is 10.1. The average Bonchev–Trinajstić information content (AvgIpc) is 2.70. The smallest absolute Gasteiger partial charge is 0.0834 e. The molecular formula is C13H24ClN3O. The number of hydrogen-bond acceptors (Lipinski definition) is 3. The van der Waals surface area contributed by atoms with E-state index in [1.54, 1.807) is 6.20 Å². The Morgan fingerprint density at radius 3 is 2.83 bits per heavy atom. The number of aryl methyl sites for hydroxylation is 1. The predicted octanol–water partition coefficient (Wildman–Crippen LogP) is 3.02. The molecule has 0 amide bonds. The Morgan fingerprint density at radius 1 is 1.44 bits per heavy atom. The van der Waals surface area contributed by atoms with Crippen LogP contribution < -0.4 is 5.32 Å². The summed E-state index contributed by atoms with van der Waals surface area (Å²) in [6.45, 7) is 9.55. The number of rotatable bonds is 9. The second-order valence-electron chi connectivity index (χ2n) is 4.20. The van der Waals surface area contributed by atoms with Crippen LogP contribution in [0.5, 0.6) is 0 Å². The Morgan fingerprint density at radius 2 is 2.22 bits per heavy atom. The molecule has 0 aliphatic carbocycles. The van der Waals surface area contributed by atoms with Crippen LogP contribution in [0.25, 0.3) is 0 Å². The molecule has 104 valence electrons. The SMILES string of the molecule is CCCn1ncc(Cl)c1C(CCOCC)NCC. The molecule has 0 bridgehead atoms. The first-order valence-electron chi connectivity index (χ1n) is 6.76. The van der Waals surface area contributed by atoms with Crippen LogP contribution in [0, 0.1) is 0 Å². The first kappa shape index (κ1) is 15.5. The van der Waals surface area contributed by atoms with Crippen molar-refractivity contribution in [2.24, 2.45) is 0 Å². The third-order valence-electron chi connectivity index (χ3n) is 2.80. The minimum Gasteiger partial charge on any atom is -0.382 e. The highest BCUT2D eigenvalue weighted by Crippen LogP contribution is 2.25. The van der Waals surface area contributed by atoms with Gasteiger partial charge in [-0.1, -0.05) is 25.4 Å². The van der Waals surface area contributed by atoms with E-state index in [9.17, 15) is 0 Å². The monoisotopic (exact) mass is 273 g/mol. The molecule has 1 unspecified atom stereocenters. The first-order valence-corrected chi connectivity index (χ1v) is 7.14. The number of ether oxygens (including phenoxy) is 1. The molecule has 1 atom stereocenters. The van der Waals surface area contributed by atoms with Gasteiger partial charge in [-0.05, 0) is 26.3 Å². The molecule has 1 rings (SSSR count). The van der Waals surface area contributed by atoms with E-state index in [4.69, 9.17) is 16.3 Å². The molecular weight excluding hydrogens is 250 g/mol. The molecule has 0 spiro atoms. The maximum absolute atomic E-state index is 6.26. The van der Waals surface area contributed by atoms with Crippen LogP contribution in [-0.2, 0) is 11.3 Å². The number of nitrogens with zero attached hydrogens (tertiary/aromatic N) is 2. The fourth-order valence-electron chi connectivity index (χ4n) is 2.04. The van der Waals surface area contributed by atoms with Gasteiger partial charge in [0.2, 0.25) is 0 Å². The van der Waals surface area contributed by atoms with Gasteiger partial charge < -0.3 is 10.1 Å². The van der Waals surface area contributed by atoms with Gasteiger partial charge >= 0.3 is 0 Å². The Balaban J connectivity index is 2.79. The zero-order valence-electron chi connectivity index (χ0n) is 11.6. The largest absolute Gasteiger partial charge is 0.382 e. The van der Waals surface area contributed by atoms with Crippen LogP contribution in [0.15, 0.2) is 6.20 Å². The summed E-state index contributed by atoms with van der Waals surface area (Å²) < 4.78 is 7.44. The molecule has 1 aromatic rings. The molecule has 0 aromatic carbocycles. The third kappa shape index (κ3) is 4.26.